The number of rotatable bonds is 2. The van der Waals surface area contributed by atoms with E-state index in [1.165, 1.54) is 10.6 Å². The Morgan fingerprint density at radius 3 is 2.65 bits per heavy atom. The quantitative estimate of drug-likeness (QED) is 0.843. The zero-order chi connectivity index (χ0) is 12.6. The van der Waals surface area contributed by atoms with Crippen molar-refractivity contribution in [3.63, 3.8) is 0 Å². The Balaban J connectivity index is 2.67. The number of aromatic carboxylic acids is 1. The molecule has 0 aliphatic heterocycles. The van der Waals surface area contributed by atoms with Gasteiger partial charge in [-0.05, 0) is 40.2 Å². The van der Waals surface area contributed by atoms with Crippen LogP contribution in [0.15, 0.2) is 39.4 Å². The van der Waals surface area contributed by atoms with Crippen LogP contribution in [0.1, 0.15) is 10.5 Å². The highest BCUT2D eigenvalue weighted by atomic mass is 79.9. The molecule has 0 spiro atoms. The van der Waals surface area contributed by atoms with Crippen LogP contribution >= 0.6 is 43.5 Å². The molecule has 0 saturated heterocycles. The summed E-state index contributed by atoms with van der Waals surface area (Å²) >= 11 is 12.6. The minimum absolute atomic E-state index is 0.119. The van der Waals surface area contributed by atoms with Crippen molar-refractivity contribution in [3.8, 4) is 5.69 Å². The van der Waals surface area contributed by atoms with Crippen LogP contribution in [0.5, 0.6) is 0 Å². The number of halogens is 3. The van der Waals surface area contributed by atoms with Gasteiger partial charge in [0.2, 0.25) is 0 Å². The fraction of sp³-hybridized carbons (Fsp3) is 0. The minimum atomic E-state index is -1.02. The summed E-state index contributed by atoms with van der Waals surface area (Å²) in [5.41, 5.74) is 0.831. The summed E-state index contributed by atoms with van der Waals surface area (Å²) in [6.45, 7) is 0. The molecule has 1 aromatic heterocycles. The molecule has 2 rings (SSSR count). The first-order valence-electron chi connectivity index (χ1n) is 4.55. The van der Waals surface area contributed by atoms with Crippen LogP contribution in [0.4, 0.5) is 0 Å². The third-order valence-corrected chi connectivity index (χ3v) is 3.54. The Bertz CT molecular complexity index is 595. The lowest BCUT2D eigenvalue weighted by Gasteiger charge is -2.09. The van der Waals surface area contributed by atoms with Gasteiger partial charge in [0.25, 0.3) is 0 Å². The number of carbonyl (C=O) groups is 1. The maximum absolute atomic E-state index is 11.1. The Kier molecular flexibility index (Phi) is 3.61. The molecule has 0 radical (unpaired) electrons. The Labute approximate surface area is 119 Å². The molecule has 17 heavy (non-hydrogen) atoms. The summed E-state index contributed by atoms with van der Waals surface area (Å²) in [6, 6.07) is 6.92. The topological polar surface area (TPSA) is 42.2 Å². The van der Waals surface area contributed by atoms with Crippen molar-refractivity contribution in [2.75, 3.05) is 0 Å². The molecule has 0 bridgehead atoms. The van der Waals surface area contributed by atoms with Gasteiger partial charge in [-0.15, -0.1) is 0 Å². The highest BCUT2D eigenvalue weighted by Gasteiger charge is 2.15. The van der Waals surface area contributed by atoms with Crippen LogP contribution in [-0.4, -0.2) is 15.6 Å². The molecule has 3 nitrogen and oxygen atoms in total. The average Bonchev–Trinajstić information content (AvgIpc) is 2.64. The van der Waals surface area contributed by atoms with Crippen LogP contribution in [-0.2, 0) is 0 Å². The van der Waals surface area contributed by atoms with Gasteiger partial charge in [-0.3, -0.25) is 0 Å². The van der Waals surface area contributed by atoms with E-state index in [9.17, 15) is 4.79 Å². The van der Waals surface area contributed by atoms with Gasteiger partial charge >= 0.3 is 5.97 Å². The van der Waals surface area contributed by atoms with Crippen molar-refractivity contribution in [2.24, 2.45) is 0 Å². The minimum Gasteiger partial charge on any atom is -0.477 e. The molecule has 0 aliphatic rings. The van der Waals surface area contributed by atoms with Gasteiger partial charge in [0, 0.05) is 15.1 Å². The Hall–Kier alpha value is -0.780. The summed E-state index contributed by atoms with van der Waals surface area (Å²) < 4.78 is 3.17. The molecule has 88 valence electrons. The largest absolute Gasteiger partial charge is 0.477 e. The number of nitrogens with zero attached hydrogens (tertiary/aromatic N) is 1. The first kappa shape index (κ1) is 12.7. The molecule has 0 unspecified atom stereocenters. The highest BCUT2D eigenvalue weighted by molar-refractivity contribution is 9.11. The molecule has 6 heteroatoms. The molecular formula is C11H6Br2ClNO2. The monoisotopic (exact) mass is 377 g/mol. The van der Waals surface area contributed by atoms with Gasteiger partial charge in [0.1, 0.15) is 5.69 Å². The first-order chi connectivity index (χ1) is 7.99. The standard InChI is InChI=1S/C11H6Br2ClNO2/c12-6-1-2-8(13)9(3-6)15-5-7(14)4-10(15)11(16)17/h1-5H,(H,16,17). The van der Waals surface area contributed by atoms with Crippen molar-refractivity contribution >= 4 is 49.4 Å². The fourth-order valence-corrected chi connectivity index (χ4v) is 2.45. The third-order valence-electron chi connectivity index (χ3n) is 2.17. The average molecular weight is 379 g/mol. The van der Waals surface area contributed by atoms with Crippen LogP contribution < -0.4 is 0 Å². The van der Waals surface area contributed by atoms with Gasteiger partial charge in [0.05, 0.1) is 10.7 Å². The van der Waals surface area contributed by atoms with E-state index >= 15 is 0 Å². The van der Waals surface area contributed by atoms with Crippen molar-refractivity contribution in [2.45, 2.75) is 0 Å². The van der Waals surface area contributed by atoms with Crippen LogP contribution in [0, 0.1) is 0 Å². The normalized spacial score (nSPS) is 10.5. The number of carboxylic acids is 1. The van der Waals surface area contributed by atoms with E-state index in [0.717, 1.165) is 8.95 Å². The van der Waals surface area contributed by atoms with Crippen LogP contribution in [0.25, 0.3) is 5.69 Å². The second-order valence-electron chi connectivity index (χ2n) is 3.31. The molecule has 0 saturated carbocycles. The molecule has 0 atom stereocenters. The van der Waals surface area contributed by atoms with Crippen LogP contribution in [0.3, 0.4) is 0 Å². The van der Waals surface area contributed by atoms with E-state index in [1.807, 2.05) is 18.2 Å². The maximum atomic E-state index is 11.1. The Morgan fingerprint density at radius 1 is 1.29 bits per heavy atom. The van der Waals surface area contributed by atoms with Crippen molar-refractivity contribution < 1.29 is 9.90 Å². The van der Waals surface area contributed by atoms with Gasteiger partial charge in [-0.25, -0.2) is 4.79 Å². The number of aromatic nitrogens is 1. The number of hydrogen-bond donors (Lipinski definition) is 1. The summed E-state index contributed by atoms with van der Waals surface area (Å²) in [6.07, 6.45) is 1.57. The Morgan fingerprint density at radius 2 is 2.00 bits per heavy atom. The predicted molar refractivity (Wildman–Crippen MR) is 73.1 cm³/mol. The lowest BCUT2D eigenvalue weighted by Crippen LogP contribution is -2.06. The lowest BCUT2D eigenvalue weighted by molar-refractivity contribution is 0.0688. The number of hydrogen-bond acceptors (Lipinski definition) is 1. The van der Waals surface area contributed by atoms with E-state index in [4.69, 9.17) is 16.7 Å². The summed E-state index contributed by atoms with van der Waals surface area (Å²) in [5.74, 6) is -1.02. The van der Waals surface area contributed by atoms with E-state index in [2.05, 4.69) is 31.9 Å². The fourth-order valence-electron chi connectivity index (χ4n) is 1.46. The lowest BCUT2D eigenvalue weighted by atomic mass is 10.3. The summed E-state index contributed by atoms with van der Waals surface area (Å²) in [5, 5.41) is 9.48. The summed E-state index contributed by atoms with van der Waals surface area (Å²) in [4.78, 5) is 11.1. The van der Waals surface area contributed by atoms with Crippen molar-refractivity contribution in [1.82, 2.24) is 4.57 Å². The zero-order valence-corrected chi connectivity index (χ0v) is 12.3. The molecule has 1 N–H and O–H groups in total. The third kappa shape index (κ3) is 2.56. The van der Waals surface area contributed by atoms with Gasteiger partial charge < -0.3 is 9.67 Å². The number of benzene rings is 1. The molecular weight excluding hydrogens is 373 g/mol. The maximum Gasteiger partial charge on any atom is 0.352 e. The van der Waals surface area contributed by atoms with Crippen molar-refractivity contribution in [3.05, 3.63) is 50.1 Å². The zero-order valence-electron chi connectivity index (χ0n) is 8.32. The van der Waals surface area contributed by atoms with Crippen molar-refractivity contribution in [1.29, 1.82) is 0 Å². The second kappa shape index (κ2) is 4.84. The molecule has 0 fully saturated rings. The second-order valence-corrected chi connectivity index (χ2v) is 5.52. The van der Waals surface area contributed by atoms with Gasteiger partial charge in [0.15, 0.2) is 0 Å². The van der Waals surface area contributed by atoms with E-state index in [0.29, 0.717) is 10.7 Å². The van der Waals surface area contributed by atoms with Gasteiger partial charge in [-0.1, -0.05) is 27.5 Å². The van der Waals surface area contributed by atoms with E-state index in [1.54, 1.807) is 6.20 Å². The van der Waals surface area contributed by atoms with Gasteiger partial charge in [-0.2, -0.15) is 0 Å². The molecule has 0 amide bonds. The van der Waals surface area contributed by atoms with Crippen LogP contribution in [0.2, 0.25) is 5.02 Å². The van der Waals surface area contributed by atoms with E-state index < -0.39 is 5.97 Å². The molecule has 2 aromatic rings. The predicted octanol–water partition coefficient (Wildman–Crippen LogP) is 4.35. The smallest absolute Gasteiger partial charge is 0.352 e. The SMILES string of the molecule is O=C(O)c1cc(Cl)cn1-c1cc(Br)ccc1Br. The molecule has 0 aliphatic carbocycles. The number of carboxylic acid groups (broad SMARTS) is 1. The van der Waals surface area contributed by atoms with E-state index in [-0.39, 0.29) is 5.69 Å². The molecule has 1 heterocycles. The summed E-state index contributed by atoms with van der Waals surface area (Å²) in [7, 11) is 0. The highest BCUT2D eigenvalue weighted by Crippen LogP contribution is 2.28. The molecule has 1 aromatic carbocycles. The first-order valence-corrected chi connectivity index (χ1v) is 6.52.